The molecule has 7 nitrogen and oxygen atoms in total. The van der Waals surface area contributed by atoms with Gasteiger partial charge in [-0.05, 0) is 35.3 Å². The van der Waals surface area contributed by atoms with E-state index in [4.69, 9.17) is 4.74 Å². The number of quaternary nitrogens is 2. The van der Waals surface area contributed by atoms with Crippen molar-refractivity contribution in [2.24, 2.45) is 5.92 Å². The summed E-state index contributed by atoms with van der Waals surface area (Å²) in [7, 11) is 0. The van der Waals surface area contributed by atoms with Gasteiger partial charge in [-0.15, -0.1) is 5.10 Å². The van der Waals surface area contributed by atoms with Gasteiger partial charge >= 0.3 is 0 Å². The average molecular weight is 351 g/mol. The van der Waals surface area contributed by atoms with Crippen molar-refractivity contribution in [3.8, 4) is 0 Å². The van der Waals surface area contributed by atoms with Crippen molar-refractivity contribution < 1.29 is 14.5 Å². The quantitative estimate of drug-likeness (QED) is 0.585. The minimum Gasteiger partial charge on any atom is -0.376 e. The third kappa shape index (κ3) is 4.86. The lowest BCUT2D eigenvalue weighted by Crippen LogP contribution is -3.28. The van der Waals surface area contributed by atoms with Gasteiger partial charge in [0.1, 0.15) is 26.2 Å². The first kappa shape index (κ1) is 18.5. The Morgan fingerprint density at radius 2 is 2.12 bits per heavy atom. The second-order valence-electron chi connectivity index (χ2n) is 7.94. The molecule has 0 saturated carbocycles. The summed E-state index contributed by atoms with van der Waals surface area (Å²) in [5.41, 5.74) is 0. The smallest absolute Gasteiger partial charge is 0.209 e. The molecule has 0 spiro atoms. The number of ether oxygens (including phenoxy) is 1. The fraction of sp³-hybridized carbons (Fsp3) is 0.833. The first-order valence-corrected chi connectivity index (χ1v) is 9.84. The average Bonchev–Trinajstić information content (AvgIpc) is 3.26. The molecular formula is C18H34N6O+2. The van der Waals surface area contributed by atoms with Crippen LogP contribution in [0.25, 0.3) is 0 Å². The van der Waals surface area contributed by atoms with Crippen LogP contribution in [-0.2, 0) is 11.3 Å². The fourth-order valence-electron chi connectivity index (χ4n) is 4.18. The molecule has 2 fully saturated rings. The lowest BCUT2D eigenvalue weighted by Gasteiger charge is -2.34. The zero-order valence-electron chi connectivity index (χ0n) is 15.8. The number of nitrogens with zero attached hydrogens (tertiary/aromatic N) is 4. The van der Waals surface area contributed by atoms with Gasteiger partial charge in [0.05, 0.1) is 19.2 Å². The van der Waals surface area contributed by atoms with E-state index in [0.717, 1.165) is 44.8 Å². The molecule has 1 aromatic heterocycles. The molecule has 2 aliphatic rings. The van der Waals surface area contributed by atoms with Crippen LogP contribution in [0.5, 0.6) is 0 Å². The highest BCUT2D eigenvalue weighted by molar-refractivity contribution is 4.89. The summed E-state index contributed by atoms with van der Waals surface area (Å²) in [4.78, 5) is 3.27. The molecule has 0 aliphatic carbocycles. The Hall–Kier alpha value is -1.31. The minimum absolute atomic E-state index is 0.269. The van der Waals surface area contributed by atoms with Crippen LogP contribution in [0.4, 0.5) is 0 Å². The summed E-state index contributed by atoms with van der Waals surface area (Å²) in [6.45, 7) is 15.9. The Kier molecular flexibility index (Phi) is 6.56. The Morgan fingerprint density at radius 3 is 2.76 bits per heavy atom. The topological polar surface area (TPSA) is 61.7 Å². The second kappa shape index (κ2) is 8.87. The van der Waals surface area contributed by atoms with Crippen molar-refractivity contribution in [1.82, 2.24) is 20.2 Å². The number of tetrazole rings is 1. The molecule has 0 unspecified atom stereocenters. The molecule has 3 heterocycles. The zero-order chi connectivity index (χ0) is 17.6. The van der Waals surface area contributed by atoms with Crippen molar-refractivity contribution in [2.75, 3.05) is 39.3 Å². The Morgan fingerprint density at radius 1 is 1.32 bits per heavy atom. The van der Waals surface area contributed by atoms with E-state index in [9.17, 15) is 0 Å². The minimum atomic E-state index is 0.269. The van der Waals surface area contributed by atoms with Crippen molar-refractivity contribution in [3.05, 3.63) is 18.5 Å². The van der Waals surface area contributed by atoms with E-state index in [2.05, 4.69) is 36.0 Å². The van der Waals surface area contributed by atoms with Crippen LogP contribution in [0.3, 0.4) is 0 Å². The summed E-state index contributed by atoms with van der Waals surface area (Å²) in [5, 5.41) is 12.7. The molecule has 2 N–H and O–H groups in total. The van der Waals surface area contributed by atoms with E-state index >= 15 is 0 Å². The van der Waals surface area contributed by atoms with E-state index in [-0.39, 0.29) is 6.10 Å². The SMILES string of the molecule is C=CC[NH+]1CC[NH+]([C@@H](CC(C)C)c2nnnn2C[C@H]2CCCO2)CC1. The molecule has 3 rings (SSSR count). The molecule has 7 heteroatoms. The predicted molar refractivity (Wildman–Crippen MR) is 95.4 cm³/mol. The molecule has 2 aliphatic heterocycles. The van der Waals surface area contributed by atoms with Crippen molar-refractivity contribution in [1.29, 1.82) is 0 Å². The first-order valence-electron chi connectivity index (χ1n) is 9.84. The van der Waals surface area contributed by atoms with Gasteiger partial charge in [0.2, 0.25) is 5.82 Å². The summed E-state index contributed by atoms with van der Waals surface area (Å²) in [5.74, 6) is 1.68. The first-order chi connectivity index (χ1) is 12.2. The van der Waals surface area contributed by atoms with Crippen LogP contribution in [0.2, 0.25) is 0 Å². The highest BCUT2D eigenvalue weighted by Crippen LogP contribution is 2.19. The molecule has 2 atom stereocenters. The van der Waals surface area contributed by atoms with E-state index in [0.29, 0.717) is 12.0 Å². The number of piperazine rings is 1. The maximum Gasteiger partial charge on any atom is 0.209 e. The lowest BCUT2D eigenvalue weighted by molar-refractivity contribution is -1.03. The monoisotopic (exact) mass is 350 g/mol. The van der Waals surface area contributed by atoms with E-state index in [1.807, 2.05) is 10.8 Å². The molecule has 140 valence electrons. The third-order valence-corrected chi connectivity index (χ3v) is 5.50. The Labute approximate surface area is 151 Å². The summed E-state index contributed by atoms with van der Waals surface area (Å²) < 4.78 is 7.81. The number of nitrogens with one attached hydrogen (secondary N) is 2. The highest BCUT2D eigenvalue weighted by atomic mass is 16.5. The van der Waals surface area contributed by atoms with Gasteiger partial charge in [-0.1, -0.05) is 20.4 Å². The van der Waals surface area contributed by atoms with Crippen LogP contribution in [0.15, 0.2) is 12.7 Å². The number of hydrogen-bond acceptors (Lipinski definition) is 4. The van der Waals surface area contributed by atoms with Crippen LogP contribution in [0.1, 0.15) is 45.0 Å². The summed E-state index contributed by atoms with van der Waals surface area (Å²) >= 11 is 0. The molecular weight excluding hydrogens is 316 g/mol. The van der Waals surface area contributed by atoms with Gasteiger partial charge in [-0.3, -0.25) is 0 Å². The van der Waals surface area contributed by atoms with Crippen molar-refractivity contribution in [3.63, 3.8) is 0 Å². The maximum atomic E-state index is 5.79. The van der Waals surface area contributed by atoms with Crippen LogP contribution < -0.4 is 9.80 Å². The third-order valence-electron chi connectivity index (χ3n) is 5.50. The van der Waals surface area contributed by atoms with E-state index in [1.165, 1.54) is 26.2 Å². The van der Waals surface area contributed by atoms with E-state index < -0.39 is 0 Å². The molecule has 0 aromatic carbocycles. The molecule has 1 aromatic rings. The molecule has 0 bridgehead atoms. The van der Waals surface area contributed by atoms with Crippen LogP contribution in [-0.4, -0.2) is 65.6 Å². The van der Waals surface area contributed by atoms with Crippen molar-refractivity contribution in [2.45, 2.75) is 51.8 Å². The maximum absolute atomic E-state index is 5.79. The number of rotatable bonds is 8. The van der Waals surface area contributed by atoms with Gasteiger partial charge in [0, 0.05) is 13.0 Å². The van der Waals surface area contributed by atoms with Gasteiger partial charge in [0.15, 0.2) is 6.04 Å². The lowest BCUT2D eigenvalue weighted by atomic mass is 10.0. The predicted octanol–water partition coefficient (Wildman–Crippen LogP) is -1.09. The van der Waals surface area contributed by atoms with Crippen LogP contribution >= 0.6 is 0 Å². The molecule has 0 amide bonds. The summed E-state index contributed by atoms with van der Waals surface area (Å²) in [6.07, 6.45) is 5.69. The Balaban J connectivity index is 1.70. The highest BCUT2D eigenvalue weighted by Gasteiger charge is 2.34. The zero-order valence-corrected chi connectivity index (χ0v) is 15.8. The number of aromatic nitrogens is 4. The standard InChI is InChI=1S/C18H32N6O/c1-4-7-22-8-10-23(11-9-22)17(13-15(2)3)18-19-20-21-24(18)14-16-6-5-12-25-16/h4,15-17H,1,5-14H2,2-3H3/p+2/t16-,17+/m1/s1. The number of hydrogen-bond donors (Lipinski definition) is 2. The Bertz CT molecular complexity index is 531. The van der Waals surface area contributed by atoms with Crippen LogP contribution in [0, 0.1) is 5.92 Å². The molecule has 0 radical (unpaired) electrons. The van der Waals surface area contributed by atoms with Gasteiger partial charge in [0.25, 0.3) is 0 Å². The van der Waals surface area contributed by atoms with Gasteiger partial charge in [-0.2, -0.15) is 0 Å². The van der Waals surface area contributed by atoms with Gasteiger partial charge in [-0.25, -0.2) is 4.68 Å². The van der Waals surface area contributed by atoms with Crippen molar-refractivity contribution >= 4 is 0 Å². The van der Waals surface area contributed by atoms with E-state index in [1.54, 1.807) is 9.80 Å². The fourth-order valence-corrected chi connectivity index (χ4v) is 4.18. The van der Waals surface area contributed by atoms with Gasteiger partial charge < -0.3 is 14.5 Å². The molecule has 2 saturated heterocycles. The largest absolute Gasteiger partial charge is 0.376 e. The normalized spacial score (nSPS) is 28.4. The second-order valence-corrected chi connectivity index (χ2v) is 7.94. The summed E-state index contributed by atoms with van der Waals surface area (Å²) in [6, 6.07) is 0.377. The molecule has 25 heavy (non-hydrogen) atoms.